The van der Waals surface area contributed by atoms with E-state index in [-0.39, 0.29) is 33.1 Å². The van der Waals surface area contributed by atoms with E-state index in [9.17, 15) is 9.90 Å². The third-order valence-electron chi connectivity index (χ3n) is 5.15. The number of pyridine rings is 1. The van der Waals surface area contributed by atoms with Gasteiger partial charge in [-0.15, -0.1) is 0 Å². The van der Waals surface area contributed by atoms with Gasteiger partial charge < -0.3 is 20.9 Å². The number of nitrogens with two attached hydrogens (primary N) is 1. The summed E-state index contributed by atoms with van der Waals surface area (Å²) in [6, 6.07) is 2.33. The van der Waals surface area contributed by atoms with E-state index in [0.717, 1.165) is 19.3 Å². The lowest BCUT2D eigenvalue weighted by Crippen LogP contribution is -2.55. The van der Waals surface area contributed by atoms with Gasteiger partial charge in [0.05, 0.1) is 11.1 Å². The van der Waals surface area contributed by atoms with Crippen LogP contribution in [0, 0.1) is 0 Å². The number of halogens is 3. The van der Waals surface area contributed by atoms with Crippen molar-refractivity contribution in [2.45, 2.75) is 37.2 Å². The number of carboxylic acids is 1. The van der Waals surface area contributed by atoms with Gasteiger partial charge in [-0.2, -0.15) is 0 Å². The smallest absolute Gasteiger partial charge is 0.353 e. The normalized spacial score (nSPS) is 26.8. The highest BCUT2D eigenvalue weighted by Crippen LogP contribution is 2.49. The number of hydrogen-bond donors (Lipinski definition) is 3. The second kappa shape index (κ2) is 7.94. The van der Waals surface area contributed by atoms with E-state index in [4.69, 9.17) is 45.7 Å². The predicted octanol–water partition coefficient (Wildman–Crippen LogP) is 2.99. The molecule has 0 bridgehead atoms. The summed E-state index contributed by atoms with van der Waals surface area (Å²) >= 11 is 19.6. The number of likely N-dealkylation sites (tertiary alicyclic amines) is 1. The van der Waals surface area contributed by atoms with Gasteiger partial charge >= 0.3 is 5.97 Å². The molecule has 1 fully saturated rings. The fraction of sp³-hybridized carbons (Fsp3) is 0.471. The Labute approximate surface area is 177 Å². The summed E-state index contributed by atoms with van der Waals surface area (Å²) in [5, 5.41) is 21.8. The average molecular weight is 449 g/mol. The van der Waals surface area contributed by atoms with Gasteiger partial charge in [0.25, 0.3) is 0 Å². The van der Waals surface area contributed by atoms with E-state index in [1.807, 2.05) is 4.90 Å². The van der Waals surface area contributed by atoms with Crippen LogP contribution in [0.15, 0.2) is 28.0 Å². The van der Waals surface area contributed by atoms with Crippen molar-refractivity contribution in [3.8, 4) is 0 Å². The van der Waals surface area contributed by atoms with Gasteiger partial charge in [-0.05, 0) is 31.9 Å². The lowest BCUT2D eigenvalue weighted by atomic mass is 10.0. The summed E-state index contributed by atoms with van der Waals surface area (Å²) in [4.78, 5) is 18.5. The molecule has 152 valence electrons. The van der Waals surface area contributed by atoms with Crippen molar-refractivity contribution in [3.63, 3.8) is 0 Å². The van der Waals surface area contributed by atoms with Crippen LogP contribution in [-0.4, -0.2) is 56.1 Å². The van der Waals surface area contributed by atoms with E-state index in [1.54, 1.807) is 6.92 Å². The van der Waals surface area contributed by atoms with Crippen LogP contribution in [-0.2, 0) is 4.79 Å². The minimum absolute atomic E-state index is 0.0307. The first-order chi connectivity index (χ1) is 13.2. The monoisotopic (exact) mass is 447 g/mol. The second-order valence-electron chi connectivity index (χ2n) is 6.76. The number of rotatable bonds is 4. The Morgan fingerprint density at radius 2 is 1.96 bits per heavy atom. The predicted molar refractivity (Wildman–Crippen MR) is 108 cm³/mol. The summed E-state index contributed by atoms with van der Waals surface area (Å²) in [5.74, 6) is -1.22. The summed E-state index contributed by atoms with van der Waals surface area (Å²) in [7, 11) is 0. The Kier molecular flexibility index (Phi) is 5.95. The third-order valence-corrected chi connectivity index (χ3v) is 6.65. The number of anilines is 1. The molecular formula is C17H20Cl3N5O3. The highest BCUT2D eigenvalue weighted by atomic mass is 35.5. The lowest BCUT2D eigenvalue weighted by Gasteiger charge is -2.43. The number of alkyl halides is 1. The zero-order valence-electron chi connectivity index (χ0n) is 15.1. The van der Waals surface area contributed by atoms with Gasteiger partial charge in [0, 0.05) is 18.7 Å². The molecule has 0 radical (unpaired) electrons. The van der Waals surface area contributed by atoms with Crippen LogP contribution in [0.2, 0.25) is 5.15 Å². The first-order valence-corrected chi connectivity index (χ1v) is 9.87. The van der Waals surface area contributed by atoms with Gasteiger partial charge in [0.15, 0.2) is 10.8 Å². The minimum Gasteiger partial charge on any atom is -0.477 e. The molecule has 1 saturated heterocycles. The van der Waals surface area contributed by atoms with Crippen molar-refractivity contribution < 1.29 is 15.1 Å². The molecule has 2 unspecified atom stereocenters. The Morgan fingerprint density at radius 3 is 2.54 bits per heavy atom. The maximum atomic E-state index is 12.1. The van der Waals surface area contributed by atoms with E-state index in [1.165, 1.54) is 17.0 Å². The van der Waals surface area contributed by atoms with Crippen LogP contribution in [0.3, 0.4) is 0 Å². The Hall–Kier alpha value is -1.74. The molecule has 0 spiro atoms. The van der Waals surface area contributed by atoms with Crippen molar-refractivity contribution in [3.05, 3.63) is 33.6 Å². The standard InChI is InChI=1S/C17H20Cl3N5O3/c1-9-17(20,24-5-3-2-4-6-24)14(19)13(16(26)27)25(9)12-8-10(15(21)23-28)7-11(18)22-12/h7-9,28H,2-6H2,1H3,(H2,21,23)(H,26,27). The molecule has 11 heteroatoms. The quantitative estimate of drug-likeness (QED) is 0.123. The summed E-state index contributed by atoms with van der Waals surface area (Å²) in [5.41, 5.74) is 5.78. The van der Waals surface area contributed by atoms with Gasteiger partial charge in [0.1, 0.15) is 16.7 Å². The second-order valence-corrected chi connectivity index (χ2v) is 8.10. The molecule has 1 aromatic rings. The molecule has 0 saturated carbocycles. The van der Waals surface area contributed by atoms with Crippen LogP contribution in [0.4, 0.5) is 5.82 Å². The van der Waals surface area contributed by atoms with Crippen molar-refractivity contribution >= 4 is 52.4 Å². The molecule has 8 nitrogen and oxygen atoms in total. The lowest BCUT2D eigenvalue weighted by molar-refractivity contribution is -0.132. The number of carboxylic acid groups (broad SMARTS) is 1. The van der Waals surface area contributed by atoms with Crippen LogP contribution >= 0.6 is 34.8 Å². The molecule has 4 N–H and O–H groups in total. The summed E-state index contributed by atoms with van der Waals surface area (Å²) in [6.07, 6.45) is 3.00. The van der Waals surface area contributed by atoms with Gasteiger partial charge in [-0.3, -0.25) is 4.90 Å². The number of amidine groups is 1. The summed E-state index contributed by atoms with van der Waals surface area (Å²) < 4.78 is 0. The van der Waals surface area contributed by atoms with E-state index in [2.05, 4.69) is 10.1 Å². The molecule has 2 atom stereocenters. The van der Waals surface area contributed by atoms with Crippen molar-refractivity contribution in [1.29, 1.82) is 0 Å². The van der Waals surface area contributed by atoms with Crippen LogP contribution in [0.5, 0.6) is 0 Å². The molecule has 2 aliphatic heterocycles. The number of hydrogen-bond acceptors (Lipinski definition) is 6. The zero-order chi connectivity index (χ0) is 20.6. The Balaban J connectivity index is 2.13. The van der Waals surface area contributed by atoms with E-state index in [0.29, 0.717) is 13.1 Å². The van der Waals surface area contributed by atoms with Crippen LogP contribution < -0.4 is 10.6 Å². The number of nitrogens with zero attached hydrogens (tertiary/aromatic N) is 4. The number of aliphatic carboxylic acids is 1. The van der Waals surface area contributed by atoms with Crippen molar-refractivity contribution in [2.24, 2.45) is 10.9 Å². The molecule has 28 heavy (non-hydrogen) atoms. The molecule has 0 aromatic carbocycles. The molecule has 2 aliphatic rings. The molecule has 1 aromatic heterocycles. The van der Waals surface area contributed by atoms with E-state index < -0.39 is 17.0 Å². The molecule has 3 heterocycles. The van der Waals surface area contributed by atoms with Crippen LogP contribution in [0.1, 0.15) is 31.7 Å². The van der Waals surface area contributed by atoms with Gasteiger partial charge in [0.2, 0.25) is 0 Å². The van der Waals surface area contributed by atoms with Gasteiger partial charge in [-0.1, -0.05) is 46.4 Å². The average Bonchev–Trinajstić information content (AvgIpc) is 2.89. The maximum absolute atomic E-state index is 12.1. The molecular weight excluding hydrogens is 429 g/mol. The molecule has 3 rings (SSSR count). The van der Waals surface area contributed by atoms with Gasteiger partial charge in [-0.25, -0.2) is 9.78 Å². The first kappa shape index (κ1) is 21.0. The number of aromatic nitrogens is 1. The SMILES string of the molecule is CC1N(c2cc(C(N)=NO)cc(Cl)n2)C(C(=O)O)=C(Cl)C1(Cl)N1CCCCC1. The highest BCUT2D eigenvalue weighted by molar-refractivity contribution is 6.42. The topological polar surface area (TPSA) is 115 Å². The Bertz CT molecular complexity index is 856. The van der Waals surface area contributed by atoms with E-state index >= 15 is 0 Å². The fourth-order valence-electron chi connectivity index (χ4n) is 3.76. The molecule has 0 amide bonds. The maximum Gasteiger partial charge on any atom is 0.353 e. The summed E-state index contributed by atoms with van der Waals surface area (Å²) in [6.45, 7) is 3.21. The molecule has 0 aliphatic carbocycles. The minimum atomic E-state index is -1.23. The number of piperidine rings is 1. The number of oxime groups is 1. The fourth-order valence-corrected chi connectivity index (χ4v) is 4.77. The van der Waals surface area contributed by atoms with Crippen LogP contribution in [0.25, 0.3) is 0 Å². The largest absolute Gasteiger partial charge is 0.477 e. The zero-order valence-corrected chi connectivity index (χ0v) is 17.3. The Morgan fingerprint density at radius 1 is 1.32 bits per heavy atom. The highest BCUT2D eigenvalue weighted by Gasteiger charge is 2.55. The third kappa shape index (κ3) is 3.39. The first-order valence-electron chi connectivity index (χ1n) is 8.74. The van der Waals surface area contributed by atoms with Crippen molar-refractivity contribution in [1.82, 2.24) is 9.88 Å². The van der Waals surface area contributed by atoms with Crippen molar-refractivity contribution in [2.75, 3.05) is 18.0 Å². The number of carbonyl (C=O) groups is 1.